The van der Waals surface area contributed by atoms with Crippen molar-refractivity contribution in [3.05, 3.63) is 0 Å². The summed E-state index contributed by atoms with van der Waals surface area (Å²) in [6.45, 7) is 7.40. The Morgan fingerprint density at radius 3 is 2.39 bits per heavy atom. The van der Waals surface area contributed by atoms with Crippen molar-refractivity contribution in [2.45, 2.75) is 58.2 Å². The second kappa shape index (κ2) is 4.14. The summed E-state index contributed by atoms with van der Waals surface area (Å²) in [5.74, 6) is -0.599. The Labute approximate surface area is 107 Å². The number of carbonyl (C=O) groups excluding carboxylic acids is 1. The van der Waals surface area contributed by atoms with E-state index in [-0.39, 0.29) is 17.9 Å². The number of amides is 1. The van der Waals surface area contributed by atoms with Gasteiger partial charge in [0.15, 0.2) is 0 Å². The Morgan fingerprint density at radius 1 is 1.28 bits per heavy atom. The summed E-state index contributed by atoms with van der Waals surface area (Å²) >= 11 is 0. The van der Waals surface area contributed by atoms with Crippen LogP contribution in [-0.2, 0) is 9.53 Å². The van der Waals surface area contributed by atoms with Gasteiger partial charge in [-0.15, -0.1) is 0 Å². The molecule has 18 heavy (non-hydrogen) atoms. The molecule has 1 aliphatic heterocycles. The number of hydrogen-bond donors (Lipinski definition) is 1. The molecule has 0 aromatic heterocycles. The topological polar surface area (TPSA) is 66.8 Å². The molecule has 2 fully saturated rings. The third kappa shape index (κ3) is 2.06. The minimum atomic E-state index is -0.917. The van der Waals surface area contributed by atoms with E-state index in [0.29, 0.717) is 0 Å². The highest BCUT2D eigenvalue weighted by Crippen LogP contribution is 2.47. The zero-order valence-corrected chi connectivity index (χ0v) is 11.3. The third-order valence-corrected chi connectivity index (χ3v) is 4.00. The Morgan fingerprint density at radius 2 is 1.89 bits per heavy atom. The van der Waals surface area contributed by atoms with Crippen LogP contribution in [-0.4, -0.2) is 39.8 Å². The lowest BCUT2D eigenvalue weighted by Gasteiger charge is -2.34. The molecule has 1 saturated heterocycles. The second-order valence-electron chi connectivity index (χ2n) is 6.34. The molecule has 4 atom stereocenters. The number of fused-ring (bicyclic) bond motifs is 2. The number of carbonyl (C=O) groups is 2. The van der Waals surface area contributed by atoms with Crippen molar-refractivity contribution in [3.63, 3.8) is 0 Å². The van der Waals surface area contributed by atoms with E-state index in [0.717, 1.165) is 12.8 Å². The van der Waals surface area contributed by atoms with Crippen molar-refractivity contribution in [2.24, 2.45) is 11.8 Å². The number of piperidine rings is 1. The van der Waals surface area contributed by atoms with Gasteiger partial charge in [-0.1, -0.05) is 6.92 Å². The number of rotatable bonds is 1. The van der Waals surface area contributed by atoms with Gasteiger partial charge in [0.05, 0.1) is 0 Å². The molecule has 1 saturated carbocycles. The Balaban J connectivity index is 2.20. The van der Waals surface area contributed by atoms with Crippen LogP contribution in [0, 0.1) is 11.8 Å². The van der Waals surface area contributed by atoms with Crippen LogP contribution >= 0.6 is 0 Å². The molecule has 1 heterocycles. The van der Waals surface area contributed by atoms with Gasteiger partial charge in [0.25, 0.3) is 0 Å². The monoisotopic (exact) mass is 255 g/mol. The van der Waals surface area contributed by atoms with Gasteiger partial charge in [0.1, 0.15) is 11.6 Å². The standard InChI is InChI=1S/C13H21NO4/c1-7-8-5-6-9(7)14(10(8)11(15)16)12(17)18-13(2,3)4/h7-10H,5-6H2,1-4H3,(H,15,16)/t7-,8-,9-,10-/m0/s1. The Hall–Kier alpha value is -1.26. The number of aliphatic carboxylic acids is 1. The van der Waals surface area contributed by atoms with Crippen LogP contribution in [0.4, 0.5) is 4.79 Å². The molecule has 102 valence electrons. The largest absolute Gasteiger partial charge is 0.480 e. The Bertz CT molecular complexity index is 374. The highest BCUT2D eigenvalue weighted by atomic mass is 16.6. The molecule has 2 rings (SSSR count). The fraction of sp³-hybridized carbons (Fsp3) is 0.846. The average molecular weight is 255 g/mol. The summed E-state index contributed by atoms with van der Waals surface area (Å²) in [6.07, 6.45) is 1.28. The van der Waals surface area contributed by atoms with Crippen molar-refractivity contribution >= 4 is 12.1 Å². The van der Waals surface area contributed by atoms with E-state index in [9.17, 15) is 14.7 Å². The highest BCUT2D eigenvalue weighted by Gasteiger charge is 2.56. The zero-order chi connectivity index (χ0) is 13.7. The minimum absolute atomic E-state index is 0.0194. The van der Waals surface area contributed by atoms with E-state index in [2.05, 4.69) is 0 Å². The summed E-state index contributed by atoms with van der Waals surface area (Å²) in [5.41, 5.74) is -0.592. The lowest BCUT2D eigenvalue weighted by atomic mass is 9.94. The van der Waals surface area contributed by atoms with Crippen LogP contribution in [0.1, 0.15) is 40.5 Å². The zero-order valence-electron chi connectivity index (χ0n) is 11.3. The first-order valence-corrected chi connectivity index (χ1v) is 6.46. The molecule has 2 bridgehead atoms. The van der Waals surface area contributed by atoms with Crippen LogP contribution in [0.25, 0.3) is 0 Å². The van der Waals surface area contributed by atoms with E-state index in [4.69, 9.17) is 4.74 Å². The second-order valence-corrected chi connectivity index (χ2v) is 6.34. The summed E-state index contributed by atoms with van der Waals surface area (Å²) < 4.78 is 5.33. The highest BCUT2D eigenvalue weighted by molar-refractivity contribution is 5.82. The molecule has 5 nitrogen and oxygen atoms in total. The molecule has 1 aliphatic carbocycles. The molecule has 0 unspecified atom stereocenters. The van der Waals surface area contributed by atoms with Gasteiger partial charge in [-0.05, 0) is 45.4 Å². The van der Waals surface area contributed by atoms with Crippen LogP contribution in [0.15, 0.2) is 0 Å². The lowest BCUT2D eigenvalue weighted by molar-refractivity contribution is -0.144. The normalized spacial score (nSPS) is 34.8. The predicted octanol–water partition coefficient (Wildman–Crippen LogP) is 2.10. The predicted molar refractivity (Wildman–Crippen MR) is 65.2 cm³/mol. The van der Waals surface area contributed by atoms with Gasteiger partial charge in [0, 0.05) is 6.04 Å². The number of carboxylic acids is 1. The molecule has 0 spiro atoms. The molecule has 5 heteroatoms. The van der Waals surface area contributed by atoms with Crippen LogP contribution < -0.4 is 0 Å². The maximum atomic E-state index is 12.2. The molecule has 2 aliphatic rings. The van der Waals surface area contributed by atoms with Crippen molar-refractivity contribution in [1.82, 2.24) is 4.90 Å². The molecule has 1 N–H and O–H groups in total. The smallest absolute Gasteiger partial charge is 0.411 e. The number of carboxylic acid groups (broad SMARTS) is 1. The summed E-state index contributed by atoms with van der Waals surface area (Å²) in [5, 5.41) is 9.32. The van der Waals surface area contributed by atoms with Crippen molar-refractivity contribution < 1.29 is 19.4 Å². The number of hydrogen-bond acceptors (Lipinski definition) is 3. The molecule has 0 radical (unpaired) electrons. The van der Waals surface area contributed by atoms with Crippen molar-refractivity contribution in [3.8, 4) is 0 Å². The fourth-order valence-corrected chi connectivity index (χ4v) is 3.29. The van der Waals surface area contributed by atoms with Crippen molar-refractivity contribution in [2.75, 3.05) is 0 Å². The van der Waals surface area contributed by atoms with Gasteiger partial charge in [-0.2, -0.15) is 0 Å². The van der Waals surface area contributed by atoms with Crippen LogP contribution in [0.3, 0.4) is 0 Å². The fourth-order valence-electron chi connectivity index (χ4n) is 3.29. The third-order valence-electron chi connectivity index (χ3n) is 4.00. The van der Waals surface area contributed by atoms with Gasteiger partial charge < -0.3 is 9.84 Å². The summed E-state index contributed by atoms with van der Waals surface area (Å²) in [4.78, 5) is 25.0. The lowest BCUT2D eigenvalue weighted by Crippen LogP contribution is -2.50. The average Bonchev–Trinajstić information content (AvgIpc) is 2.69. The van der Waals surface area contributed by atoms with Crippen molar-refractivity contribution in [1.29, 1.82) is 0 Å². The molecular formula is C13H21NO4. The molecule has 1 amide bonds. The van der Waals surface area contributed by atoms with Crippen LogP contribution in [0.2, 0.25) is 0 Å². The SMILES string of the molecule is C[C@H]1[C@@H]2CC[C@@H]1N(C(=O)OC(C)(C)C)[C@@H]2C(=O)O. The molecule has 0 aromatic carbocycles. The van der Waals surface area contributed by atoms with Gasteiger partial charge >= 0.3 is 12.1 Å². The number of ether oxygens (including phenoxy) is 1. The van der Waals surface area contributed by atoms with E-state index in [1.165, 1.54) is 4.90 Å². The van der Waals surface area contributed by atoms with Gasteiger partial charge in [-0.3, -0.25) is 4.90 Å². The first-order chi connectivity index (χ1) is 8.22. The molecule has 0 aromatic rings. The summed E-state index contributed by atoms with van der Waals surface area (Å²) in [6, 6.07) is -0.695. The first kappa shape index (κ1) is 13.2. The van der Waals surface area contributed by atoms with Gasteiger partial charge in [0.2, 0.25) is 0 Å². The van der Waals surface area contributed by atoms with Gasteiger partial charge in [-0.25, -0.2) is 9.59 Å². The first-order valence-electron chi connectivity index (χ1n) is 6.46. The number of likely N-dealkylation sites (tertiary alicyclic amines) is 1. The molecular weight excluding hydrogens is 234 g/mol. The maximum absolute atomic E-state index is 12.2. The van der Waals surface area contributed by atoms with E-state index >= 15 is 0 Å². The van der Waals surface area contributed by atoms with E-state index in [1.54, 1.807) is 20.8 Å². The van der Waals surface area contributed by atoms with Crippen LogP contribution in [0.5, 0.6) is 0 Å². The maximum Gasteiger partial charge on any atom is 0.411 e. The van der Waals surface area contributed by atoms with E-state index in [1.807, 2.05) is 6.92 Å². The summed E-state index contributed by atoms with van der Waals surface area (Å²) in [7, 11) is 0. The number of nitrogens with zero attached hydrogens (tertiary/aromatic N) is 1. The minimum Gasteiger partial charge on any atom is -0.480 e. The Kier molecular flexibility index (Phi) is 3.03. The van der Waals surface area contributed by atoms with E-state index < -0.39 is 23.7 Å². The quantitative estimate of drug-likeness (QED) is 0.779.